The Bertz CT molecular complexity index is 5270. The van der Waals surface area contributed by atoms with E-state index in [1.54, 1.807) is 67.7 Å². The van der Waals surface area contributed by atoms with Gasteiger partial charge in [0.25, 0.3) is 0 Å². The molecule has 3 aliphatic rings. The number of carboxylic acid groups (broad SMARTS) is 2. The Balaban J connectivity index is 1.14. The molecule has 3 saturated heterocycles. The number of carbonyl (C=O) groups is 17. The number of unbranched alkanes of at least 4 members (excludes halogenated alkanes) is 1. The summed E-state index contributed by atoms with van der Waals surface area (Å²) in [5, 5.41) is 76.2. The molecule has 0 radical (unpaired) electrons. The number of nitrogens with zero attached hydrogens (tertiary/aromatic N) is 5. The number of phenolic OH excluding ortho intramolecular Hbond substituents is 2. The Morgan fingerprint density at radius 3 is 1.70 bits per heavy atom. The molecule has 1 aromatic heterocycles. The molecule has 0 unspecified atom stereocenters. The fourth-order valence-corrected chi connectivity index (χ4v) is 17.2. The molecule has 135 heavy (non-hydrogen) atoms. The highest BCUT2D eigenvalue weighted by Gasteiger charge is 2.48. The molecule has 728 valence electrons. The van der Waals surface area contributed by atoms with Gasteiger partial charge in [0.15, 0.2) is 17.5 Å². The quantitative estimate of drug-likeness (QED) is 0.0338. The van der Waals surface area contributed by atoms with Crippen molar-refractivity contribution in [1.82, 2.24) is 77.3 Å². The number of aliphatic carboxylic acids is 2. The minimum Gasteiger partial charge on any atom is -0.508 e. The van der Waals surface area contributed by atoms with Gasteiger partial charge in [-0.05, 0) is 121 Å². The average Bonchev–Trinajstić information content (AvgIpc) is 1.35. The van der Waals surface area contributed by atoms with Crippen LogP contribution >= 0.6 is 11.8 Å². The Morgan fingerprint density at radius 1 is 0.533 bits per heavy atom. The monoisotopic (exact) mass is 1900 g/mol. The number of aliphatic hydroxyl groups is 1. The molecule has 4 heterocycles. The second kappa shape index (κ2) is 49.3. The lowest BCUT2D eigenvalue weighted by Gasteiger charge is -2.38. The maximum Gasteiger partial charge on any atom is 0.305 e. The SMILES string of the molecule is CCCC[C@H]1C(=O)N2CCC[C@@H]2C(=O)N[C@@H](CC(=O)O)C(=O)N[C@@H](C(C)C)C(=O)N(C)[C@H](Cc2ccccc2)C(=O)N[C@H](CCC(=O)O)C(=O)N2C[C@H](O)C[C@@H]2C(=O)N[C@@H](Cc2c[nH]c3ccccc23)C(=O)N[C@@H](Cc2ccc(O)cc2)C(=O)N[C@@H](CCCN)C(=O)N[C@H](C(=O)NCC(N)=O)CSCC(=O)N[C@@H](Cc2cc(F)c(F)c(F)c2)C(=O)N(C)[C@@H](Cc2ccc(O)cc2)C(=O)N1C. The first-order valence-electron chi connectivity index (χ1n) is 44.2. The van der Waals surface area contributed by atoms with E-state index in [-0.39, 0.29) is 87.1 Å². The third-order valence-corrected chi connectivity index (χ3v) is 24.8. The van der Waals surface area contributed by atoms with E-state index < -0.39 is 284 Å². The molecule has 0 aliphatic carbocycles. The van der Waals surface area contributed by atoms with Crippen LogP contribution < -0.4 is 59.3 Å². The summed E-state index contributed by atoms with van der Waals surface area (Å²) in [6.07, 6.45) is -5.16. The number of H-pyrrole nitrogens is 1. The molecule has 15 amide bonds. The highest BCUT2D eigenvalue weighted by atomic mass is 32.2. The Morgan fingerprint density at radius 2 is 1.08 bits per heavy atom. The molecule has 6 aromatic rings. The van der Waals surface area contributed by atoms with E-state index >= 15 is 51.9 Å². The van der Waals surface area contributed by atoms with Crippen LogP contribution in [0.3, 0.4) is 0 Å². The number of aliphatic hydroxyl groups excluding tert-OH is 1. The predicted molar refractivity (Wildman–Crippen MR) is 483 cm³/mol. The number of nitrogens with two attached hydrogens (primary N) is 2. The van der Waals surface area contributed by atoms with Gasteiger partial charge in [-0.15, -0.1) is 11.8 Å². The van der Waals surface area contributed by atoms with Crippen molar-refractivity contribution in [3.05, 3.63) is 167 Å². The normalized spacial score (nSPS) is 23.9. The molecular weight excluding hydrogens is 1780 g/mol. The third kappa shape index (κ3) is 29.2. The van der Waals surface area contributed by atoms with Crippen LogP contribution in [0.2, 0.25) is 0 Å². The van der Waals surface area contributed by atoms with Crippen LogP contribution in [0.5, 0.6) is 11.5 Å². The lowest BCUT2D eigenvalue weighted by Crippen LogP contribution is -2.62. The van der Waals surface area contributed by atoms with E-state index in [1.165, 1.54) is 76.5 Å². The number of para-hydroxylation sites is 1. The van der Waals surface area contributed by atoms with Crippen LogP contribution in [0, 0.1) is 23.4 Å². The Hall–Kier alpha value is -13.7. The number of carboxylic acids is 2. The number of nitrogens with one attached hydrogen (secondary N) is 10. The lowest BCUT2D eigenvalue weighted by atomic mass is 9.98. The van der Waals surface area contributed by atoms with Crippen molar-refractivity contribution in [3.8, 4) is 11.5 Å². The van der Waals surface area contributed by atoms with Crippen LogP contribution in [-0.4, -0.2) is 299 Å². The highest BCUT2D eigenvalue weighted by Crippen LogP contribution is 2.29. The summed E-state index contributed by atoms with van der Waals surface area (Å²) in [5.41, 5.74) is 13.0. The van der Waals surface area contributed by atoms with E-state index in [0.29, 0.717) is 52.3 Å². The van der Waals surface area contributed by atoms with Crippen LogP contribution in [0.1, 0.15) is 119 Å². The van der Waals surface area contributed by atoms with E-state index in [9.17, 15) is 68.3 Å². The maximum atomic E-state index is 15.7. The number of aromatic nitrogens is 1. The molecule has 0 saturated carbocycles. The van der Waals surface area contributed by atoms with Crippen LogP contribution in [0.25, 0.3) is 10.9 Å². The van der Waals surface area contributed by atoms with E-state index in [2.05, 4.69) is 52.8 Å². The Labute approximate surface area is 779 Å². The zero-order valence-corrected chi connectivity index (χ0v) is 76.2. The fraction of sp³-hybridized carbons (Fsp3) is 0.467. The number of aromatic hydroxyl groups is 2. The summed E-state index contributed by atoms with van der Waals surface area (Å²) in [5.74, 6) is -27.1. The van der Waals surface area contributed by atoms with Crippen molar-refractivity contribution in [2.24, 2.45) is 17.4 Å². The zero-order valence-electron chi connectivity index (χ0n) is 75.4. The van der Waals surface area contributed by atoms with Gasteiger partial charge in [0.05, 0.1) is 24.8 Å². The minimum atomic E-state index is -2.01. The number of carbonyl (C=O) groups excluding carboxylic acids is 15. The first kappa shape index (κ1) is 105. The first-order valence-corrected chi connectivity index (χ1v) is 45.4. The van der Waals surface area contributed by atoms with Gasteiger partial charge >= 0.3 is 11.9 Å². The van der Waals surface area contributed by atoms with Crippen molar-refractivity contribution >= 4 is 123 Å². The van der Waals surface area contributed by atoms with Crippen molar-refractivity contribution in [2.45, 2.75) is 208 Å². The van der Waals surface area contributed by atoms with Gasteiger partial charge in [-0.1, -0.05) is 106 Å². The number of thioether (sulfide) groups is 1. The standard InChI is InChI=1S/C92H116F3N17O22S/c1-7-8-21-70-91(133)111-34-15-22-69(111)85(127)105-66(43-77(120)121)84(126)107-79(49(2)3)92(134)109(5)71(39-50-16-10-9-11-17-50)86(128)102-63(31-32-76(118)119)89(131)112-46-57(115)42-72(112)87(129)104-65(41-54-44-98-61-19-13-12-18-58(54)61)83(125)103-64(37-51-23-27-55(113)28-24-51)82(124)101-62(20-14-33-96)81(123)106-68(80(122)99-45-74(97)116)47-135-48-75(117)100-67(38-53-35-59(93)78(95)60(94)36-53)88(130)110(6)73(90(132)108(70)4)40-52-25-29-56(114)30-26-52/h9-13,16-19,23-30,35-36,44,49,57,62-73,79,98,113-115H,7-8,14-15,20-22,31-34,37-43,45-48,96H2,1-6H3,(H2,97,116)(H,99,122)(H,100,117)(H,101,124)(H,102,128)(H,103,125)(H,104,129)(H,105,127)(H,106,123)(H,107,126)(H,118,119)(H,120,121)/t57-,62+,63-,64+,65+,66+,67+,68+,69-,70+,71-,72-,73+,79+/m1/s1. The number of hydrogen-bond acceptors (Lipinski definition) is 22. The lowest BCUT2D eigenvalue weighted by molar-refractivity contribution is -0.152. The minimum absolute atomic E-state index is 0.00994. The van der Waals surface area contributed by atoms with Gasteiger partial charge in [0.1, 0.15) is 90.0 Å². The second-order valence-corrected chi connectivity index (χ2v) is 35.1. The summed E-state index contributed by atoms with van der Waals surface area (Å²) in [7, 11) is 3.55. The van der Waals surface area contributed by atoms with Crippen LogP contribution in [-0.2, 0) is 114 Å². The highest BCUT2D eigenvalue weighted by molar-refractivity contribution is 8.00. The van der Waals surface area contributed by atoms with Gasteiger partial charge in [-0.3, -0.25) is 81.5 Å². The van der Waals surface area contributed by atoms with E-state index in [1.807, 2.05) is 0 Å². The van der Waals surface area contributed by atoms with Gasteiger partial charge in [-0.25, -0.2) is 13.2 Å². The van der Waals surface area contributed by atoms with Crippen molar-refractivity contribution in [2.75, 3.05) is 58.8 Å². The molecule has 3 fully saturated rings. The summed E-state index contributed by atoms with van der Waals surface area (Å²) in [6, 6.07) is 4.26. The van der Waals surface area contributed by atoms with Crippen molar-refractivity contribution in [3.63, 3.8) is 0 Å². The molecule has 39 nitrogen and oxygen atoms in total. The molecule has 5 aromatic carbocycles. The number of aromatic amines is 1. The number of benzene rings is 5. The number of rotatable bonds is 25. The molecule has 0 bridgehead atoms. The number of hydrogen-bond donors (Lipinski definition) is 17. The van der Waals surface area contributed by atoms with Gasteiger partial charge in [0, 0.05) is 102 Å². The van der Waals surface area contributed by atoms with E-state index in [0.717, 1.165) is 31.5 Å². The maximum absolute atomic E-state index is 15.7. The summed E-state index contributed by atoms with van der Waals surface area (Å²) in [6.45, 7) is 3.08. The average molecular weight is 1900 g/mol. The number of phenols is 2. The topological polar surface area (TPSA) is 584 Å². The second-order valence-electron chi connectivity index (χ2n) is 34.1. The largest absolute Gasteiger partial charge is 0.508 e. The molecule has 9 rings (SSSR count). The number of fused-ring (bicyclic) bond motifs is 3. The number of amides is 15. The Kier molecular flexibility index (Phi) is 38.4. The molecule has 14 atom stereocenters. The summed E-state index contributed by atoms with van der Waals surface area (Å²) >= 11 is 0.620. The molecule has 43 heteroatoms. The number of halogens is 3. The van der Waals surface area contributed by atoms with Gasteiger partial charge < -0.3 is 114 Å². The molecule has 19 N–H and O–H groups in total. The number of primary amides is 1. The van der Waals surface area contributed by atoms with Crippen molar-refractivity contribution < 1.29 is 120 Å². The van der Waals surface area contributed by atoms with E-state index in [4.69, 9.17) is 11.5 Å². The van der Waals surface area contributed by atoms with Crippen LogP contribution in [0.15, 0.2) is 121 Å². The third-order valence-electron chi connectivity index (χ3n) is 23.8. The van der Waals surface area contributed by atoms with Crippen LogP contribution in [0.4, 0.5) is 13.2 Å². The van der Waals surface area contributed by atoms with Gasteiger partial charge in [-0.2, -0.15) is 0 Å². The molecular formula is C92H116F3N17O22S. The molecule has 0 spiro atoms. The zero-order chi connectivity index (χ0) is 98.8. The summed E-state index contributed by atoms with van der Waals surface area (Å²) in [4.78, 5) is 258. The van der Waals surface area contributed by atoms with Gasteiger partial charge in [0.2, 0.25) is 88.6 Å². The number of likely N-dealkylation sites (N-methyl/N-ethyl adjacent to an activating group) is 3. The smallest absolute Gasteiger partial charge is 0.305 e. The fourth-order valence-electron chi connectivity index (χ4n) is 16.4. The summed E-state index contributed by atoms with van der Waals surface area (Å²) < 4.78 is 45.1. The first-order chi connectivity index (χ1) is 64.1. The predicted octanol–water partition coefficient (Wildman–Crippen LogP) is 0.0948. The van der Waals surface area contributed by atoms with Crippen molar-refractivity contribution in [1.29, 1.82) is 0 Å². The molecule has 3 aliphatic heterocycles.